The van der Waals surface area contributed by atoms with Gasteiger partial charge in [0, 0.05) is 0 Å². The molecule has 0 aliphatic rings. The van der Waals surface area contributed by atoms with Gasteiger partial charge in [0.25, 0.3) is 0 Å². The van der Waals surface area contributed by atoms with Gasteiger partial charge in [-0.15, -0.1) is 0 Å². The second kappa shape index (κ2) is 3.81. The lowest BCUT2D eigenvalue weighted by molar-refractivity contribution is 0.162. The predicted octanol–water partition coefficient (Wildman–Crippen LogP) is 2.71. The number of benzene rings is 1. The van der Waals surface area contributed by atoms with Crippen LogP contribution in [-0.2, 0) is 0 Å². The van der Waals surface area contributed by atoms with Crippen molar-refractivity contribution in [1.82, 2.24) is 4.98 Å². The van der Waals surface area contributed by atoms with Crippen molar-refractivity contribution in [2.45, 2.75) is 26.4 Å². The van der Waals surface area contributed by atoms with Crippen LogP contribution in [0.15, 0.2) is 22.6 Å². The van der Waals surface area contributed by atoms with Crippen molar-refractivity contribution in [2.24, 2.45) is 0 Å². The topological polar surface area (TPSA) is 55.5 Å². The molecule has 1 heterocycles. The number of phenolic OH excluding ortho intramolecular Hbond substituents is 1. The van der Waals surface area contributed by atoms with Crippen LogP contribution in [0.25, 0.3) is 11.1 Å². The minimum atomic E-state index is 0.0557. The number of nitrogens with zero attached hydrogens (tertiary/aromatic N) is 1. The molecule has 0 amide bonds. The highest BCUT2D eigenvalue weighted by Crippen LogP contribution is 2.27. The van der Waals surface area contributed by atoms with E-state index < -0.39 is 0 Å². The molecular formula is C11H13NO3. The van der Waals surface area contributed by atoms with E-state index in [9.17, 15) is 5.11 Å². The van der Waals surface area contributed by atoms with E-state index in [0.29, 0.717) is 11.1 Å². The molecular weight excluding hydrogens is 194 g/mol. The molecule has 15 heavy (non-hydrogen) atoms. The molecule has 4 heteroatoms. The van der Waals surface area contributed by atoms with Crippen LogP contribution in [0.5, 0.6) is 11.8 Å². The monoisotopic (exact) mass is 207 g/mol. The van der Waals surface area contributed by atoms with Crippen LogP contribution in [0.1, 0.15) is 20.3 Å². The van der Waals surface area contributed by atoms with Crippen molar-refractivity contribution in [3.63, 3.8) is 0 Å². The molecule has 4 nitrogen and oxygen atoms in total. The van der Waals surface area contributed by atoms with Gasteiger partial charge in [-0.3, -0.25) is 0 Å². The summed E-state index contributed by atoms with van der Waals surface area (Å²) in [6.07, 6.45) is 1.14. The third-order valence-corrected chi connectivity index (χ3v) is 2.25. The quantitative estimate of drug-likeness (QED) is 0.840. The SMILES string of the molecule is CCC(C)Oc1nc2c(O)cccc2o1. The van der Waals surface area contributed by atoms with E-state index in [1.807, 2.05) is 13.8 Å². The first-order chi connectivity index (χ1) is 7.20. The number of oxazole rings is 1. The summed E-state index contributed by atoms with van der Waals surface area (Å²) in [7, 11) is 0. The summed E-state index contributed by atoms with van der Waals surface area (Å²) < 4.78 is 10.7. The van der Waals surface area contributed by atoms with E-state index in [2.05, 4.69) is 4.98 Å². The zero-order valence-corrected chi connectivity index (χ0v) is 8.73. The standard InChI is InChI=1S/C11H13NO3/c1-3-7(2)14-11-12-10-8(13)5-4-6-9(10)15-11/h4-7,13H,3H2,1-2H3. The third kappa shape index (κ3) is 1.88. The van der Waals surface area contributed by atoms with Crippen LogP contribution < -0.4 is 4.74 Å². The Morgan fingerprint density at radius 3 is 3.00 bits per heavy atom. The molecule has 1 unspecified atom stereocenters. The van der Waals surface area contributed by atoms with E-state index in [-0.39, 0.29) is 17.9 Å². The van der Waals surface area contributed by atoms with Crippen LogP contribution >= 0.6 is 0 Å². The summed E-state index contributed by atoms with van der Waals surface area (Å²) in [5, 5.41) is 9.50. The molecule has 1 atom stereocenters. The summed E-state index contributed by atoms with van der Waals surface area (Å²) in [5.74, 6) is 0.107. The molecule has 1 N–H and O–H groups in total. The predicted molar refractivity (Wildman–Crippen MR) is 56.1 cm³/mol. The summed E-state index contributed by atoms with van der Waals surface area (Å²) in [6.45, 7) is 3.96. The fourth-order valence-corrected chi connectivity index (χ4v) is 1.22. The van der Waals surface area contributed by atoms with Crippen LogP contribution in [-0.4, -0.2) is 16.2 Å². The Morgan fingerprint density at radius 1 is 1.53 bits per heavy atom. The number of hydrogen-bond acceptors (Lipinski definition) is 4. The third-order valence-electron chi connectivity index (χ3n) is 2.25. The lowest BCUT2D eigenvalue weighted by Gasteiger charge is -2.06. The summed E-state index contributed by atoms with van der Waals surface area (Å²) >= 11 is 0. The van der Waals surface area contributed by atoms with Crippen molar-refractivity contribution in [2.75, 3.05) is 0 Å². The molecule has 0 aliphatic heterocycles. The maximum Gasteiger partial charge on any atom is 0.395 e. The highest BCUT2D eigenvalue weighted by Gasteiger charge is 2.11. The smallest absolute Gasteiger partial charge is 0.395 e. The van der Waals surface area contributed by atoms with E-state index in [0.717, 1.165) is 6.42 Å². The van der Waals surface area contributed by atoms with Gasteiger partial charge in [-0.05, 0) is 25.5 Å². The van der Waals surface area contributed by atoms with Gasteiger partial charge < -0.3 is 14.3 Å². The molecule has 2 aromatic rings. The Bertz CT molecular complexity index is 464. The van der Waals surface area contributed by atoms with E-state index >= 15 is 0 Å². The van der Waals surface area contributed by atoms with E-state index in [1.165, 1.54) is 0 Å². The summed E-state index contributed by atoms with van der Waals surface area (Å²) in [6, 6.07) is 5.01. The normalized spacial score (nSPS) is 12.9. The van der Waals surface area contributed by atoms with Gasteiger partial charge in [-0.2, -0.15) is 4.98 Å². The fourth-order valence-electron chi connectivity index (χ4n) is 1.22. The zero-order valence-electron chi connectivity index (χ0n) is 8.73. The van der Waals surface area contributed by atoms with Crippen LogP contribution in [0.2, 0.25) is 0 Å². The highest BCUT2D eigenvalue weighted by atomic mass is 16.6. The average molecular weight is 207 g/mol. The summed E-state index contributed by atoms with van der Waals surface area (Å²) in [5.41, 5.74) is 0.976. The maximum atomic E-state index is 9.50. The molecule has 0 bridgehead atoms. The molecule has 0 saturated carbocycles. The van der Waals surface area contributed by atoms with Crippen molar-refractivity contribution in [3.8, 4) is 11.8 Å². The van der Waals surface area contributed by atoms with Crippen LogP contribution in [0, 0.1) is 0 Å². The van der Waals surface area contributed by atoms with Gasteiger partial charge in [0.2, 0.25) is 0 Å². The zero-order chi connectivity index (χ0) is 10.8. The fraction of sp³-hybridized carbons (Fsp3) is 0.364. The van der Waals surface area contributed by atoms with Gasteiger partial charge in [-0.1, -0.05) is 13.0 Å². The molecule has 0 aliphatic carbocycles. The van der Waals surface area contributed by atoms with Crippen LogP contribution in [0.3, 0.4) is 0 Å². The van der Waals surface area contributed by atoms with Gasteiger partial charge in [-0.25, -0.2) is 0 Å². The van der Waals surface area contributed by atoms with Gasteiger partial charge in [0.1, 0.15) is 11.9 Å². The molecule has 1 aromatic carbocycles. The number of fused-ring (bicyclic) bond motifs is 1. The molecule has 0 spiro atoms. The molecule has 80 valence electrons. The summed E-state index contributed by atoms with van der Waals surface area (Å²) in [4.78, 5) is 4.06. The Labute approximate surface area is 87.5 Å². The van der Waals surface area contributed by atoms with Crippen molar-refractivity contribution < 1.29 is 14.3 Å². The molecule has 2 rings (SSSR count). The lowest BCUT2D eigenvalue weighted by atomic mass is 10.3. The first-order valence-corrected chi connectivity index (χ1v) is 4.96. The van der Waals surface area contributed by atoms with E-state index in [4.69, 9.17) is 9.15 Å². The number of phenols is 1. The number of aromatic nitrogens is 1. The molecule has 0 fully saturated rings. The maximum absolute atomic E-state index is 9.50. The number of rotatable bonds is 3. The largest absolute Gasteiger partial charge is 0.506 e. The van der Waals surface area contributed by atoms with Crippen LogP contribution in [0.4, 0.5) is 0 Å². The minimum Gasteiger partial charge on any atom is -0.506 e. The molecule has 0 radical (unpaired) electrons. The molecule has 0 saturated heterocycles. The number of hydrogen-bond donors (Lipinski definition) is 1. The van der Waals surface area contributed by atoms with Crippen molar-refractivity contribution in [3.05, 3.63) is 18.2 Å². The Kier molecular flexibility index (Phi) is 2.49. The van der Waals surface area contributed by atoms with Crippen molar-refractivity contribution in [1.29, 1.82) is 0 Å². The highest BCUT2D eigenvalue weighted by molar-refractivity contribution is 5.79. The Balaban J connectivity index is 2.35. The van der Waals surface area contributed by atoms with Gasteiger partial charge in [0.05, 0.1) is 0 Å². The first kappa shape index (κ1) is 9.83. The lowest BCUT2D eigenvalue weighted by Crippen LogP contribution is -2.09. The Morgan fingerprint density at radius 2 is 2.33 bits per heavy atom. The van der Waals surface area contributed by atoms with Gasteiger partial charge in [0.15, 0.2) is 11.1 Å². The minimum absolute atomic E-state index is 0.0557. The number of aromatic hydroxyl groups is 1. The Hall–Kier alpha value is -1.71. The van der Waals surface area contributed by atoms with Crippen molar-refractivity contribution >= 4 is 11.1 Å². The average Bonchev–Trinajstić information content (AvgIpc) is 2.62. The van der Waals surface area contributed by atoms with Gasteiger partial charge >= 0.3 is 6.08 Å². The van der Waals surface area contributed by atoms with E-state index in [1.54, 1.807) is 18.2 Å². The second-order valence-electron chi connectivity index (χ2n) is 3.44. The first-order valence-electron chi connectivity index (χ1n) is 4.96. The second-order valence-corrected chi connectivity index (χ2v) is 3.44. The number of ether oxygens (including phenoxy) is 1. The number of para-hydroxylation sites is 1. The molecule has 1 aromatic heterocycles.